The predicted octanol–water partition coefficient (Wildman–Crippen LogP) is 3.56. The van der Waals surface area contributed by atoms with Crippen molar-refractivity contribution in [1.82, 2.24) is 10.6 Å². The van der Waals surface area contributed by atoms with Crippen LogP contribution in [0, 0.1) is 17.1 Å². The Labute approximate surface area is 266 Å². The molecule has 8 N–H and O–H groups in total. The summed E-state index contributed by atoms with van der Waals surface area (Å²) in [4.78, 5) is 26.3. The number of halogens is 2. The molecule has 2 aromatic rings. The summed E-state index contributed by atoms with van der Waals surface area (Å²) in [5, 5.41) is 26.7. The second kappa shape index (κ2) is 19.2. The van der Waals surface area contributed by atoms with E-state index >= 15 is 0 Å². The topological polar surface area (TPSA) is 195 Å². The van der Waals surface area contributed by atoms with Gasteiger partial charge in [0.15, 0.2) is 5.82 Å². The molecule has 0 aromatic heterocycles. The predicted molar refractivity (Wildman–Crippen MR) is 178 cm³/mol. The van der Waals surface area contributed by atoms with Gasteiger partial charge in [0.25, 0.3) is 6.47 Å². The third-order valence-electron chi connectivity index (χ3n) is 6.47. The molecule has 1 heterocycles. The molecule has 2 aromatic carbocycles. The number of rotatable bonds is 7. The number of amides is 1. The third-order valence-corrected chi connectivity index (χ3v) is 6.77. The lowest BCUT2D eigenvalue weighted by atomic mass is 10.1. The number of nitrogens with two attached hydrogens (primary N) is 2. The first-order valence-electron chi connectivity index (χ1n) is 13.8. The molecule has 0 aliphatic carbocycles. The molecule has 0 bridgehead atoms. The number of nitrogens with one attached hydrogen (secondary N) is 4. The van der Waals surface area contributed by atoms with E-state index in [1.165, 1.54) is 31.4 Å². The number of hydrogen-bond acceptors (Lipinski definition) is 10. The Morgan fingerprint density at radius 1 is 1.29 bits per heavy atom. The normalized spacial score (nSPS) is 17.3. The number of carbonyl (C=O) groups excluding carboxylic acids is 2. The monoisotopic (exact) mass is 640 g/mol. The Bertz CT molecular complexity index is 1470. The van der Waals surface area contributed by atoms with Gasteiger partial charge in [0, 0.05) is 49.2 Å². The van der Waals surface area contributed by atoms with Gasteiger partial charge in [0.2, 0.25) is 5.91 Å². The smallest absolute Gasteiger partial charge is 0.292 e. The Morgan fingerprint density at radius 3 is 2.69 bits per heavy atom. The minimum absolute atomic E-state index is 0.0187. The molecular weight excluding hydrogens is 603 g/mol. The number of benzene rings is 2. The number of hydrogen-bond donors (Lipinski definition) is 6. The lowest BCUT2D eigenvalue weighted by Gasteiger charge is -2.21. The average molecular weight is 641 g/mol. The first-order chi connectivity index (χ1) is 21.7. The number of nitrogens with zero attached hydrogens (tertiary/aromatic N) is 4. The van der Waals surface area contributed by atoms with Crippen molar-refractivity contribution >= 4 is 65.4 Å². The number of anilines is 3. The molecule has 0 fully saturated rings. The minimum Gasteiger partial charge on any atom is -0.471 e. The van der Waals surface area contributed by atoms with E-state index in [0.29, 0.717) is 18.7 Å². The highest BCUT2D eigenvalue weighted by atomic mass is 35.5. The van der Waals surface area contributed by atoms with Crippen LogP contribution in [0.4, 0.5) is 21.5 Å². The quantitative estimate of drug-likeness (QED) is 0.0650. The summed E-state index contributed by atoms with van der Waals surface area (Å²) in [6.07, 6.45) is 8.44. The number of allylic oxidation sites excluding steroid dienone is 1. The number of fused-ring (bicyclic) bond motifs is 1. The molecule has 15 heteroatoms. The zero-order valence-corrected chi connectivity index (χ0v) is 26.1. The molecule has 1 aliphatic heterocycles. The van der Waals surface area contributed by atoms with Gasteiger partial charge in [0.1, 0.15) is 23.9 Å². The summed E-state index contributed by atoms with van der Waals surface area (Å²) < 4.78 is 18.7. The van der Waals surface area contributed by atoms with Gasteiger partial charge in [0.05, 0.1) is 23.9 Å². The van der Waals surface area contributed by atoms with Gasteiger partial charge >= 0.3 is 0 Å². The maximum Gasteiger partial charge on any atom is 0.292 e. The second-order valence-electron chi connectivity index (χ2n) is 9.42. The molecule has 3 rings (SSSR count). The molecule has 0 unspecified atom stereocenters. The maximum atomic E-state index is 14.9. The van der Waals surface area contributed by atoms with E-state index < -0.39 is 17.8 Å². The number of hydrazone groups is 1. The van der Waals surface area contributed by atoms with E-state index in [4.69, 9.17) is 28.1 Å². The molecule has 0 spiro atoms. The highest BCUT2D eigenvalue weighted by molar-refractivity contribution is 6.31. The highest BCUT2D eigenvalue weighted by Crippen LogP contribution is 2.28. The van der Waals surface area contributed by atoms with E-state index in [2.05, 4.69) is 42.2 Å². The summed E-state index contributed by atoms with van der Waals surface area (Å²) in [5.41, 5.74) is 3.12. The molecule has 45 heavy (non-hydrogen) atoms. The van der Waals surface area contributed by atoms with Crippen molar-refractivity contribution in [2.75, 3.05) is 43.4 Å². The van der Waals surface area contributed by atoms with E-state index in [9.17, 15) is 14.4 Å². The van der Waals surface area contributed by atoms with Gasteiger partial charge in [-0.3, -0.25) is 19.6 Å². The molecule has 240 valence electrons. The molecule has 1 atom stereocenters. The number of carbonyl (C=O) groups is 2. The Morgan fingerprint density at radius 2 is 2.04 bits per heavy atom. The lowest BCUT2D eigenvalue weighted by Crippen LogP contribution is -2.46. The average Bonchev–Trinajstić information content (AvgIpc) is 3.06. The van der Waals surface area contributed by atoms with Gasteiger partial charge in [-0.1, -0.05) is 30.5 Å². The summed E-state index contributed by atoms with van der Waals surface area (Å²) in [6, 6.07) is 10.3. The van der Waals surface area contributed by atoms with E-state index in [-0.39, 0.29) is 22.0 Å². The summed E-state index contributed by atoms with van der Waals surface area (Å²) in [6.45, 7) is 1.12. The summed E-state index contributed by atoms with van der Waals surface area (Å²) in [5.74, 6) is 10.2. The molecule has 0 radical (unpaired) electrons. The minimum atomic E-state index is -0.756. The van der Waals surface area contributed by atoms with E-state index in [0.717, 1.165) is 54.1 Å². The molecular formula is C30H38ClFN10O3. The van der Waals surface area contributed by atoms with E-state index in [1.807, 2.05) is 25.2 Å². The first kappa shape index (κ1) is 36.1. The van der Waals surface area contributed by atoms with Crippen molar-refractivity contribution < 1.29 is 18.7 Å². The Kier molecular flexibility index (Phi) is 15.4. The van der Waals surface area contributed by atoms with Crippen molar-refractivity contribution in [3.8, 4) is 6.07 Å². The number of ether oxygens (including phenoxy) is 1. The van der Waals surface area contributed by atoms with Gasteiger partial charge in [-0.05, 0) is 49.3 Å². The van der Waals surface area contributed by atoms with Crippen LogP contribution in [0.2, 0.25) is 5.02 Å². The van der Waals surface area contributed by atoms with Crippen LogP contribution in [0.3, 0.4) is 0 Å². The molecule has 0 saturated carbocycles. The highest BCUT2D eigenvalue weighted by Gasteiger charge is 2.20. The summed E-state index contributed by atoms with van der Waals surface area (Å²) in [7, 11) is 4.75. The van der Waals surface area contributed by atoms with Crippen molar-refractivity contribution in [3.63, 3.8) is 0 Å². The van der Waals surface area contributed by atoms with E-state index in [1.54, 1.807) is 13.1 Å². The lowest BCUT2D eigenvalue weighted by molar-refractivity contribution is -0.126. The van der Waals surface area contributed by atoms with Crippen LogP contribution in [-0.4, -0.2) is 58.3 Å². The SMILES string of the molecule is CN=C1N/C(C#N)=C/c2ccc(NC)cc2NCCCCC[C@@H]1NC(=O)/C=C/c1c(N(N)/C=N\N)ccc(Cl)c1F.COC=O. The number of aliphatic imine (C=N–C) groups is 1. The van der Waals surface area contributed by atoms with Crippen LogP contribution in [0.15, 0.2) is 52.2 Å². The van der Waals surface area contributed by atoms with Crippen LogP contribution in [0.25, 0.3) is 12.2 Å². The van der Waals surface area contributed by atoms with Crippen LogP contribution < -0.4 is 38.0 Å². The van der Waals surface area contributed by atoms with Crippen LogP contribution in [0.1, 0.15) is 36.8 Å². The Hall–Kier alpha value is -5.13. The summed E-state index contributed by atoms with van der Waals surface area (Å²) >= 11 is 5.96. The molecule has 13 nitrogen and oxygen atoms in total. The molecule has 0 saturated heterocycles. The number of methoxy groups -OCH3 is 1. The van der Waals surface area contributed by atoms with Gasteiger partial charge in [-0.15, -0.1) is 0 Å². The van der Waals surface area contributed by atoms with Gasteiger partial charge in [-0.25, -0.2) is 10.2 Å². The van der Waals surface area contributed by atoms with Crippen molar-refractivity contribution in [2.24, 2.45) is 21.8 Å². The van der Waals surface area contributed by atoms with Gasteiger partial charge < -0.3 is 31.8 Å². The van der Waals surface area contributed by atoms with Gasteiger partial charge in [-0.2, -0.15) is 10.4 Å². The number of nitriles is 1. The number of amidine groups is 1. The zero-order valence-electron chi connectivity index (χ0n) is 25.3. The van der Waals surface area contributed by atoms with Crippen LogP contribution in [0.5, 0.6) is 0 Å². The third kappa shape index (κ3) is 11.1. The van der Waals surface area contributed by atoms with Crippen molar-refractivity contribution in [3.05, 3.63) is 64.1 Å². The van der Waals surface area contributed by atoms with Crippen LogP contribution >= 0.6 is 11.6 Å². The maximum absolute atomic E-state index is 14.9. The molecule has 1 aliphatic rings. The fourth-order valence-electron chi connectivity index (χ4n) is 4.28. The number of hydrazine groups is 1. The van der Waals surface area contributed by atoms with Crippen molar-refractivity contribution in [2.45, 2.75) is 31.7 Å². The van der Waals surface area contributed by atoms with Crippen molar-refractivity contribution in [1.29, 1.82) is 5.26 Å². The first-order valence-corrected chi connectivity index (χ1v) is 14.2. The Balaban J connectivity index is 0.00000166. The standard InChI is InChI=1S/C28H34ClFN10O.C2H4O2/c1-34-19-8-7-18-14-20(16-31)38-28(35-2)23(6-4-3-5-13-36-24(18)15-19)39-26(41)12-9-21-25(40(33)17-37-32)11-10-22(29)27(21)30;1-4-2-3/h7-12,14-15,17,23,34,36H,3-6,13,32-33H2,1-2H3,(H,35,38)(H,39,41);2H,1H3/b12-9+,20-14+,37-17-;/t23-;/m0./s1. The largest absolute Gasteiger partial charge is 0.471 e. The fraction of sp³-hybridized carbons (Fsp3) is 0.300. The zero-order chi connectivity index (χ0) is 33.2. The van der Waals surface area contributed by atoms with Crippen LogP contribution in [-0.2, 0) is 14.3 Å². The fourth-order valence-corrected chi connectivity index (χ4v) is 4.45. The second-order valence-corrected chi connectivity index (χ2v) is 9.83. The molecule has 1 amide bonds.